The Hall–Kier alpha value is -2.27. The standard InChI is InChI=1S/C16H14ClF4N3O3S/c1-4-27-22-14(28-3)8-5-11(10(18)6-9(8)17)24-13(25)7-12(16(19,20)21)23(2)15(24)26/h5-7H,4H2,1-3H3/b22-14+. The van der Waals surface area contributed by atoms with Gasteiger partial charge in [-0.25, -0.2) is 13.8 Å². The molecule has 0 aliphatic carbocycles. The van der Waals surface area contributed by atoms with Crippen LogP contribution in [0.25, 0.3) is 5.69 Å². The summed E-state index contributed by atoms with van der Waals surface area (Å²) in [6, 6.07) is 2.12. The van der Waals surface area contributed by atoms with Crippen molar-refractivity contribution in [3.8, 4) is 5.69 Å². The molecule has 1 heterocycles. The van der Waals surface area contributed by atoms with E-state index in [-0.39, 0.29) is 32.9 Å². The van der Waals surface area contributed by atoms with Crippen LogP contribution in [-0.4, -0.2) is 27.0 Å². The van der Waals surface area contributed by atoms with Crippen molar-refractivity contribution in [1.29, 1.82) is 0 Å². The summed E-state index contributed by atoms with van der Waals surface area (Å²) >= 11 is 7.13. The van der Waals surface area contributed by atoms with Crippen molar-refractivity contribution < 1.29 is 22.4 Å². The maximum absolute atomic E-state index is 14.5. The van der Waals surface area contributed by atoms with E-state index in [2.05, 4.69) is 5.16 Å². The summed E-state index contributed by atoms with van der Waals surface area (Å²) in [6.07, 6.45) is -3.29. The third-order valence-electron chi connectivity index (χ3n) is 3.59. The van der Waals surface area contributed by atoms with Gasteiger partial charge in [0.15, 0.2) is 0 Å². The highest BCUT2D eigenvalue weighted by molar-refractivity contribution is 8.13. The van der Waals surface area contributed by atoms with Crippen LogP contribution >= 0.6 is 23.4 Å². The van der Waals surface area contributed by atoms with Crippen molar-refractivity contribution in [2.24, 2.45) is 12.2 Å². The molecule has 6 nitrogen and oxygen atoms in total. The predicted molar refractivity (Wildman–Crippen MR) is 98.9 cm³/mol. The molecule has 0 aliphatic heterocycles. The number of oxime groups is 1. The summed E-state index contributed by atoms with van der Waals surface area (Å²) in [6.45, 7) is 1.93. The predicted octanol–water partition coefficient (Wildman–Crippen LogP) is 3.41. The van der Waals surface area contributed by atoms with Gasteiger partial charge in [-0.05, 0) is 25.3 Å². The molecule has 152 valence electrons. The quantitative estimate of drug-likeness (QED) is 0.317. The molecular weight excluding hydrogens is 426 g/mol. The molecule has 0 spiro atoms. The molecule has 1 aromatic carbocycles. The molecule has 0 aliphatic rings. The molecule has 0 fully saturated rings. The van der Waals surface area contributed by atoms with Crippen LogP contribution in [0.3, 0.4) is 0 Å². The number of benzene rings is 1. The smallest absolute Gasteiger partial charge is 0.395 e. The first-order chi connectivity index (χ1) is 13.0. The van der Waals surface area contributed by atoms with Gasteiger partial charge in [0.25, 0.3) is 5.56 Å². The zero-order valence-electron chi connectivity index (χ0n) is 14.8. The van der Waals surface area contributed by atoms with E-state index in [0.29, 0.717) is 4.57 Å². The van der Waals surface area contributed by atoms with Gasteiger partial charge in [0.1, 0.15) is 23.2 Å². The van der Waals surface area contributed by atoms with E-state index in [1.54, 1.807) is 13.2 Å². The minimum atomic E-state index is -4.92. The largest absolute Gasteiger partial charge is 0.431 e. The molecule has 28 heavy (non-hydrogen) atoms. The summed E-state index contributed by atoms with van der Waals surface area (Å²) in [7, 11) is 0.833. The first-order valence-corrected chi connectivity index (χ1v) is 9.27. The van der Waals surface area contributed by atoms with Crippen molar-refractivity contribution >= 4 is 28.4 Å². The molecule has 2 rings (SSSR count). The van der Waals surface area contributed by atoms with E-state index in [1.807, 2.05) is 0 Å². The normalized spacial score (nSPS) is 12.4. The Labute approximate surface area is 165 Å². The number of thioether (sulfide) groups is 1. The number of alkyl halides is 3. The Morgan fingerprint density at radius 1 is 1.29 bits per heavy atom. The topological polar surface area (TPSA) is 65.6 Å². The van der Waals surface area contributed by atoms with Gasteiger partial charge in [-0.1, -0.05) is 16.8 Å². The van der Waals surface area contributed by atoms with Crippen LogP contribution in [0, 0.1) is 5.82 Å². The van der Waals surface area contributed by atoms with E-state index in [0.717, 1.165) is 30.9 Å². The third-order valence-corrected chi connectivity index (χ3v) is 4.58. The van der Waals surface area contributed by atoms with Crippen LogP contribution in [0.2, 0.25) is 5.02 Å². The first kappa shape index (κ1) is 22.0. The summed E-state index contributed by atoms with van der Waals surface area (Å²) in [5.74, 6) is -1.07. The fourth-order valence-electron chi connectivity index (χ4n) is 2.31. The minimum Gasteiger partial charge on any atom is -0.395 e. The fourth-order valence-corrected chi connectivity index (χ4v) is 3.12. The number of nitrogens with zero attached hydrogens (tertiary/aromatic N) is 3. The zero-order chi connectivity index (χ0) is 21.2. The van der Waals surface area contributed by atoms with E-state index in [4.69, 9.17) is 16.4 Å². The molecule has 0 N–H and O–H groups in total. The molecule has 0 saturated heterocycles. The van der Waals surface area contributed by atoms with Gasteiger partial charge in [-0.3, -0.25) is 9.36 Å². The van der Waals surface area contributed by atoms with Gasteiger partial charge in [-0.15, -0.1) is 11.8 Å². The highest BCUT2D eigenvalue weighted by Gasteiger charge is 2.35. The molecule has 0 atom stereocenters. The molecule has 12 heteroatoms. The Morgan fingerprint density at radius 3 is 2.46 bits per heavy atom. The Bertz CT molecular complexity index is 1050. The van der Waals surface area contributed by atoms with Gasteiger partial charge in [-0.2, -0.15) is 13.2 Å². The summed E-state index contributed by atoms with van der Waals surface area (Å²) < 4.78 is 53.9. The maximum Gasteiger partial charge on any atom is 0.431 e. The zero-order valence-corrected chi connectivity index (χ0v) is 16.4. The van der Waals surface area contributed by atoms with Crippen LogP contribution in [-0.2, 0) is 18.1 Å². The lowest BCUT2D eigenvalue weighted by atomic mass is 10.2. The highest BCUT2D eigenvalue weighted by atomic mass is 35.5. The van der Waals surface area contributed by atoms with Crippen molar-refractivity contribution in [2.45, 2.75) is 13.1 Å². The molecule has 0 radical (unpaired) electrons. The lowest BCUT2D eigenvalue weighted by Gasteiger charge is -2.15. The van der Waals surface area contributed by atoms with Crippen LogP contribution in [0.5, 0.6) is 0 Å². The monoisotopic (exact) mass is 439 g/mol. The van der Waals surface area contributed by atoms with Gasteiger partial charge in [0, 0.05) is 18.7 Å². The van der Waals surface area contributed by atoms with E-state index < -0.39 is 34.6 Å². The first-order valence-electron chi connectivity index (χ1n) is 7.66. The second-order valence-corrected chi connectivity index (χ2v) is 6.55. The average Bonchev–Trinajstić information content (AvgIpc) is 2.60. The summed E-state index contributed by atoms with van der Waals surface area (Å²) in [5.41, 5.74) is -4.56. The summed E-state index contributed by atoms with van der Waals surface area (Å²) in [5, 5.41) is 3.97. The van der Waals surface area contributed by atoms with Gasteiger partial charge in [0.05, 0.1) is 10.7 Å². The molecular formula is C16H14ClF4N3O3S. The number of halogens is 5. The Balaban J connectivity index is 2.80. The lowest BCUT2D eigenvalue weighted by molar-refractivity contribution is -0.144. The highest BCUT2D eigenvalue weighted by Crippen LogP contribution is 2.28. The fraction of sp³-hybridized carbons (Fsp3) is 0.312. The van der Waals surface area contributed by atoms with E-state index >= 15 is 0 Å². The number of aromatic nitrogens is 2. The van der Waals surface area contributed by atoms with Crippen molar-refractivity contribution in [3.05, 3.63) is 61.1 Å². The van der Waals surface area contributed by atoms with Gasteiger partial charge >= 0.3 is 11.9 Å². The van der Waals surface area contributed by atoms with Crippen LogP contribution in [0.1, 0.15) is 18.2 Å². The van der Waals surface area contributed by atoms with E-state index in [1.165, 1.54) is 0 Å². The summed E-state index contributed by atoms with van der Waals surface area (Å²) in [4.78, 5) is 29.5. The van der Waals surface area contributed by atoms with Crippen LogP contribution in [0.15, 0.2) is 32.9 Å². The van der Waals surface area contributed by atoms with Crippen LogP contribution in [0.4, 0.5) is 17.6 Å². The number of rotatable bonds is 4. The Morgan fingerprint density at radius 2 is 1.93 bits per heavy atom. The second kappa shape index (κ2) is 8.39. The molecule has 2 aromatic rings. The molecule has 0 unspecified atom stereocenters. The molecule has 0 bridgehead atoms. The Kier molecular flexibility index (Phi) is 6.60. The van der Waals surface area contributed by atoms with Crippen molar-refractivity contribution in [3.63, 3.8) is 0 Å². The number of hydrogen-bond donors (Lipinski definition) is 0. The van der Waals surface area contributed by atoms with Crippen molar-refractivity contribution in [1.82, 2.24) is 9.13 Å². The SMILES string of the molecule is CCO/N=C(/SC)c1cc(-n2c(=O)cc(C(F)(F)F)n(C)c2=O)c(F)cc1Cl. The van der Waals surface area contributed by atoms with Crippen molar-refractivity contribution in [2.75, 3.05) is 12.9 Å². The number of hydrogen-bond acceptors (Lipinski definition) is 5. The third kappa shape index (κ3) is 4.25. The van der Waals surface area contributed by atoms with Gasteiger partial charge < -0.3 is 4.84 Å². The van der Waals surface area contributed by atoms with Crippen LogP contribution < -0.4 is 11.2 Å². The maximum atomic E-state index is 14.5. The molecule has 0 amide bonds. The van der Waals surface area contributed by atoms with E-state index in [9.17, 15) is 27.2 Å². The molecule has 1 aromatic heterocycles. The minimum absolute atomic E-state index is 0.0779. The molecule has 0 saturated carbocycles. The lowest BCUT2D eigenvalue weighted by Crippen LogP contribution is -2.41. The second-order valence-electron chi connectivity index (χ2n) is 5.34. The average molecular weight is 440 g/mol. The van der Waals surface area contributed by atoms with Gasteiger partial charge in [0.2, 0.25) is 0 Å².